The number of rotatable bonds is 13. The van der Waals surface area contributed by atoms with E-state index in [2.05, 4.69) is 17.6 Å². The van der Waals surface area contributed by atoms with Crippen molar-refractivity contribution in [1.29, 1.82) is 0 Å². The Morgan fingerprint density at radius 2 is 1.56 bits per heavy atom. The van der Waals surface area contributed by atoms with Crippen molar-refractivity contribution in [3.05, 3.63) is 59.7 Å². The first-order valence-corrected chi connectivity index (χ1v) is 15.5. The van der Waals surface area contributed by atoms with Crippen LogP contribution in [0.5, 0.6) is 5.75 Å². The number of methoxy groups -OCH3 is 1. The lowest BCUT2D eigenvalue weighted by molar-refractivity contribution is -0.147. The number of ether oxygens (including phenoxy) is 2. The fourth-order valence-corrected chi connectivity index (χ4v) is 4.77. The van der Waals surface area contributed by atoms with Crippen LogP contribution >= 0.6 is 11.8 Å². The van der Waals surface area contributed by atoms with Gasteiger partial charge in [-0.15, -0.1) is 0 Å². The molecular formula is C32H47N3O5S. The van der Waals surface area contributed by atoms with Gasteiger partial charge in [-0.05, 0) is 101 Å². The fourth-order valence-electron chi connectivity index (χ4n) is 4.29. The molecule has 9 heteroatoms. The van der Waals surface area contributed by atoms with E-state index in [1.165, 1.54) is 0 Å². The molecule has 2 atom stereocenters. The number of carbonyl (C=O) groups is 3. The van der Waals surface area contributed by atoms with Crippen LogP contribution in [0.3, 0.4) is 0 Å². The number of nitrogens with zero attached hydrogens (tertiary/aromatic N) is 1. The molecule has 0 heterocycles. The zero-order valence-corrected chi connectivity index (χ0v) is 26.8. The number of hydrogen-bond acceptors (Lipinski definition) is 6. The normalized spacial score (nSPS) is 13.1. The van der Waals surface area contributed by atoms with E-state index in [4.69, 9.17) is 9.47 Å². The number of amides is 3. The number of anilines is 1. The second-order valence-electron chi connectivity index (χ2n) is 11.6. The molecule has 2 N–H and O–H groups in total. The number of alkyl carbamates (subject to hydrolysis) is 1. The molecule has 226 valence electrons. The third-order valence-corrected chi connectivity index (χ3v) is 7.57. The summed E-state index contributed by atoms with van der Waals surface area (Å²) in [6.45, 7) is 13.3. The monoisotopic (exact) mass is 585 g/mol. The lowest BCUT2D eigenvalue weighted by Gasteiger charge is -2.44. The maximum atomic E-state index is 14.5. The Labute approximate surface area is 249 Å². The third-order valence-electron chi connectivity index (χ3n) is 6.92. The minimum absolute atomic E-state index is 0.341. The van der Waals surface area contributed by atoms with Gasteiger partial charge in [-0.3, -0.25) is 9.59 Å². The first-order chi connectivity index (χ1) is 19.3. The molecule has 0 saturated carbocycles. The van der Waals surface area contributed by atoms with Crippen LogP contribution in [0.4, 0.5) is 10.5 Å². The van der Waals surface area contributed by atoms with Gasteiger partial charge in [0.25, 0.3) is 5.91 Å². The van der Waals surface area contributed by atoms with Gasteiger partial charge in [0.2, 0.25) is 5.91 Å². The van der Waals surface area contributed by atoms with Crippen molar-refractivity contribution in [2.75, 3.05) is 24.4 Å². The minimum atomic E-state index is -0.956. The molecule has 0 radical (unpaired) electrons. The van der Waals surface area contributed by atoms with Crippen LogP contribution in [0.25, 0.3) is 0 Å². The summed E-state index contributed by atoms with van der Waals surface area (Å²) in [5.74, 6) is 0.616. The zero-order valence-electron chi connectivity index (χ0n) is 26.0. The molecule has 0 aliphatic carbocycles. The van der Waals surface area contributed by atoms with Gasteiger partial charge in [0.05, 0.1) is 7.11 Å². The van der Waals surface area contributed by atoms with Crippen LogP contribution in [0.15, 0.2) is 48.5 Å². The molecule has 2 unspecified atom stereocenters. The quantitative estimate of drug-likeness (QED) is 0.275. The number of thioether (sulfide) groups is 1. The van der Waals surface area contributed by atoms with Gasteiger partial charge in [0.15, 0.2) is 0 Å². The van der Waals surface area contributed by atoms with Crippen molar-refractivity contribution in [3.63, 3.8) is 0 Å². The topological polar surface area (TPSA) is 97.0 Å². The molecule has 3 amide bonds. The summed E-state index contributed by atoms with van der Waals surface area (Å²) >= 11 is 1.58. The van der Waals surface area contributed by atoms with Gasteiger partial charge in [0.1, 0.15) is 23.4 Å². The van der Waals surface area contributed by atoms with Gasteiger partial charge in [-0.1, -0.05) is 38.1 Å². The summed E-state index contributed by atoms with van der Waals surface area (Å²) in [4.78, 5) is 43.1. The van der Waals surface area contributed by atoms with Gasteiger partial charge in [0, 0.05) is 11.2 Å². The molecule has 0 aliphatic heterocycles. The van der Waals surface area contributed by atoms with Gasteiger partial charge in [-0.25, -0.2) is 4.79 Å². The SMILES string of the molecule is CCc1ccc(C(C(=O)Nc2ccc(OC)cc2)N(C(=O)C(CCSC)NC(=O)OC(C)(C)C)C(C)(C)CC)cc1. The van der Waals surface area contributed by atoms with E-state index in [-0.39, 0.29) is 11.8 Å². The van der Waals surface area contributed by atoms with Gasteiger partial charge in [-0.2, -0.15) is 11.8 Å². The summed E-state index contributed by atoms with van der Waals surface area (Å²) in [5, 5.41) is 5.80. The van der Waals surface area contributed by atoms with Gasteiger partial charge >= 0.3 is 6.09 Å². The molecule has 2 aromatic rings. The lowest BCUT2D eigenvalue weighted by Crippen LogP contribution is -2.59. The van der Waals surface area contributed by atoms with Crippen molar-refractivity contribution < 1.29 is 23.9 Å². The molecule has 41 heavy (non-hydrogen) atoms. The molecule has 2 aromatic carbocycles. The highest BCUT2D eigenvalue weighted by Crippen LogP contribution is 2.34. The molecule has 0 spiro atoms. The Hall–Kier alpha value is -3.20. The number of carbonyl (C=O) groups excluding carboxylic acids is 3. The number of aryl methyl sites for hydroxylation is 1. The van der Waals surface area contributed by atoms with Crippen molar-refractivity contribution in [2.45, 2.75) is 91.0 Å². The maximum absolute atomic E-state index is 14.5. The average molecular weight is 586 g/mol. The fraction of sp³-hybridized carbons (Fsp3) is 0.531. The van der Waals surface area contributed by atoms with Crippen LogP contribution in [0, 0.1) is 0 Å². The van der Waals surface area contributed by atoms with Crippen molar-refractivity contribution in [1.82, 2.24) is 10.2 Å². The maximum Gasteiger partial charge on any atom is 0.408 e. The highest BCUT2D eigenvalue weighted by atomic mass is 32.2. The van der Waals surface area contributed by atoms with Crippen LogP contribution in [-0.2, 0) is 20.7 Å². The predicted molar refractivity (Wildman–Crippen MR) is 168 cm³/mol. The molecule has 8 nitrogen and oxygen atoms in total. The molecule has 2 rings (SSSR count). The number of hydrogen-bond donors (Lipinski definition) is 2. The summed E-state index contributed by atoms with van der Waals surface area (Å²) < 4.78 is 10.7. The van der Waals surface area contributed by atoms with Crippen LogP contribution < -0.4 is 15.4 Å². The van der Waals surface area contributed by atoms with Crippen LogP contribution in [0.1, 0.15) is 78.5 Å². The standard InChI is InChI=1S/C32H47N3O5S/c1-10-22-12-14-23(15-13-22)27(28(36)33-24-16-18-25(39-8)19-17-24)35(32(6,7)11-2)29(37)26(20-21-41-9)34-30(38)40-31(3,4)5/h12-19,26-27H,10-11,20-21H2,1-9H3,(H,33,36)(H,34,38). The Morgan fingerprint density at radius 3 is 2.05 bits per heavy atom. The van der Waals surface area contributed by atoms with Crippen molar-refractivity contribution >= 4 is 35.4 Å². The first kappa shape index (κ1) is 34.0. The zero-order chi connectivity index (χ0) is 30.8. The van der Waals surface area contributed by atoms with Crippen molar-refractivity contribution in [3.8, 4) is 5.75 Å². The summed E-state index contributed by atoms with van der Waals surface area (Å²) in [7, 11) is 1.58. The Balaban J connectivity index is 2.61. The molecular weight excluding hydrogens is 538 g/mol. The van der Waals surface area contributed by atoms with E-state index in [1.54, 1.807) is 68.8 Å². The highest BCUT2D eigenvalue weighted by molar-refractivity contribution is 7.98. The minimum Gasteiger partial charge on any atom is -0.497 e. The Bertz CT molecular complexity index is 1140. The van der Waals surface area contributed by atoms with E-state index in [0.29, 0.717) is 35.6 Å². The average Bonchev–Trinajstić information content (AvgIpc) is 2.92. The third kappa shape index (κ3) is 9.99. The lowest BCUT2D eigenvalue weighted by atomic mass is 9.91. The van der Waals surface area contributed by atoms with E-state index in [9.17, 15) is 14.4 Å². The van der Waals surface area contributed by atoms with E-state index >= 15 is 0 Å². The van der Waals surface area contributed by atoms with Gasteiger partial charge < -0.3 is 25.0 Å². The van der Waals surface area contributed by atoms with E-state index < -0.39 is 29.3 Å². The molecule has 0 saturated heterocycles. The van der Waals surface area contributed by atoms with Crippen LogP contribution in [0.2, 0.25) is 0 Å². The van der Waals surface area contributed by atoms with E-state index in [1.807, 2.05) is 51.3 Å². The molecule has 0 aromatic heterocycles. The Morgan fingerprint density at radius 1 is 0.951 bits per heavy atom. The van der Waals surface area contributed by atoms with Crippen LogP contribution in [-0.4, -0.2) is 59.1 Å². The number of nitrogens with one attached hydrogen (secondary N) is 2. The molecule has 0 bridgehead atoms. The predicted octanol–water partition coefficient (Wildman–Crippen LogP) is 6.60. The Kier molecular flexibility index (Phi) is 12.6. The highest BCUT2D eigenvalue weighted by Gasteiger charge is 2.43. The smallest absolute Gasteiger partial charge is 0.408 e. The first-order valence-electron chi connectivity index (χ1n) is 14.1. The molecule has 0 aliphatic rings. The summed E-state index contributed by atoms with van der Waals surface area (Å²) in [5.41, 5.74) is 0.944. The van der Waals surface area contributed by atoms with Crippen molar-refractivity contribution in [2.24, 2.45) is 0 Å². The number of benzene rings is 2. The second-order valence-corrected chi connectivity index (χ2v) is 12.6. The summed E-state index contributed by atoms with van der Waals surface area (Å²) in [6, 6.07) is 13.0. The molecule has 0 fully saturated rings. The largest absolute Gasteiger partial charge is 0.497 e. The summed E-state index contributed by atoms with van der Waals surface area (Å²) in [6.07, 6.45) is 3.10. The second kappa shape index (κ2) is 15.1. The van der Waals surface area contributed by atoms with E-state index in [0.717, 1.165) is 12.0 Å².